The summed E-state index contributed by atoms with van der Waals surface area (Å²) >= 11 is 0. The second kappa shape index (κ2) is 9.05. The Morgan fingerprint density at radius 2 is 1.94 bits per heavy atom. The first-order valence-electron chi connectivity index (χ1n) is 10.1. The van der Waals surface area contributed by atoms with E-state index in [2.05, 4.69) is 10.3 Å². The van der Waals surface area contributed by atoms with Crippen LogP contribution in [0.3, 0.4) is 0 Å². The van der Waals surface area contributed by atoms with Crippen molar-refractivity contribution in [1.82, 2.24) is 9.62 Å². The number of furan rings is 1. The van der Waals surface area contributed by atoms with E-state index in [1.807, 2.05) is 4.72 Å². The zero-order valence-electron chi connectivity index (χ0n) is 18.7. The van der Waals surface area contributed by atoms with E-state index in [4.69, 9.17) is 4.42 Å². The molecule has 1 amide bonds. The molecule has 1 atom stereocenters. The van der Waals surface area contributed by atoms with Gasteiger partial charge in [0.1, 0.15) is 23.3 Å². The zero-order valence-corrected chi connectivity index (χ0v) is 19.5. The first kappa shape index (κ1) is 25.1. The van der Waals surface area contributed by atoms with Crippen LogP contribution in [0.2, 0.25) is 0 Å². The minimum absolute atomic E-state index is 0.186. The van der Waals surface area contributed by atoms with Crippen LogP contribution in [0, 0.1) is 6.92 Å². The third-order valence-corrected chi connectivity index (χ3v) is 6.35. The molecular formula is C21H23F3N4O5S. The number of anilines is 1. The number of halogens is 3. The summed E-state index contributed by atoms with van der Waals surface area (Å²) in [4.78, 5) is 15.8. The lowest BCUT2D eigenvalue weighted by molar-refractivity contribution is -0.0847. The topological polar surface area (TPSA) is 124 Å². The SMILES string of the molecule is CC[C@@H](N=C1NS(=O)(=O)C(C(F)(F)F)=C1Nc1cccc(C(=O)N(C)C)c1O)c1ccc(C)o1. The van der Waals surface area contributed by atoms with Crippen LogP contribution in [0.4, 0.5) is 18.9 Å². The number of amidine groups is 1. The van der Waals surface area contributed by atoms with Crippen molar-refractivity contribution in [2.75, 3.05) is 19.4 Å². The van der Waals surface area contributed by atoms with Gasteiger partial charge in [0.2, 0.25) is 0 Å². The van der Waals surface area contributed by atoms with Crippen molar-refractivity contribution in [2.24, 2.45) is 4.99 Å². The summed E-state index contributed by atoms with van der Waals surface area (Å²) in [7, 11) is -2.15. The maximum atomic E-state index is 13.8. The molecule has 0 aliphatic carbocycles. The summed E-state index contributed by atoms with van der Waals surface area (Å²) in [5, 5.41) is 12.9. The average molecular weight is 500 g/mol. The molecule has 1 aliphatic heterocycles. The Kier molecular flexibility index (Phi) is 6.69. The molecule has 0 bridgehead atoms. The number of phenolic OH excluding ortho intramolecular Hbond substituents is 1. The van der Waals surface area contributed by atoms with E-state index < -0.39 is 50.3 Å². The average Bonchev–Trinajstić information content (AvgIpc) is 3.26. The molecule has 0 radical (unpaired) electrons. The molecule has 1 aromatic heterocycles. The summed E-state index contributed by atoms with van der Waals surface area (Å²) in [5.74, 6) is -0.952. The number of sulfonamides is 1. The molecule has 0 saturated heterocycles. The van der Waals surface area contributed by atoms with Crippen molar-refractivity contribution in [2.45, 2.75) is 32.5 Å². The number of amides is 1. The summed E-state index contributed by atoms with van der Waals surface area (Å²) in [5.41, 5.74) is -1.40. The third-order valence-electron chi connectivity index (χ3n) is 4.91. The van der Waals surface area contributed by atoms with Gasteiger partial charge in [0, 0.05) is 14.1 Å². The molecule has 0 unspecified atom stereocenters. The number of aromatic hydroxyl groups is 1. The number of hydrogen-bond acceptors (Lipinski definition) is 7. The molecule has 2 aromatic rings. The van der Waals surface area contributed by atoms with Gasteiger partial charge in [-0.05, 0) is 37.6 Å². The van der Waals surface area contributed by atoms with Gasteiger partial charge in [0.15, 0.2) is 16.5 Å². The molecule has 1 aromatic carbocycles. The van der Waals surface area contributed by atoms with Crippen molar-refractivity contribution in [1.29, 1.82) is 0 Å². The van der Waals surface area contributed by atoms with E-state index in [1.165, 1.54) is 37.2 Å². The van der Waals surface area contributed by atoms with Gasteiger partial charge >= 0.3 is 6.18 Å². The highest BCUT2D eigenvalue weighted by Gasteiger charge is 2.51. The minimum Gasteiger partial charge on any atom is -0.505 e. The Hall–Kier alpha value is -3.48. The van der Waals surface area contributed by atoms with E-state index in [1.54, 1.807) is 26.0 Å². The third kappa shape index (κ3) is 4.88. The van der Waals surface area contributed by atoms with Crippen molar-refractivity contribution in [3.8, 4) is 5.75 Å². The maximum Gasteiger partial charge on any atom is 0.431 e. The van der Waals surface area contributed by atoms with E-state index in [9.17, 15) is 31.5 Å². The lowest BCUT2D eigenvalue weighted by atomic mass is 10.1. The Bertz CT molecular complexity index is 1280. The molecule has 13 heteroatoms. The predicted molar refractivity (Wildman–Crippen MR) is 119 cm³/mol. The quantitative estimate of drug-likeness (QED) is 0.520. The molecule has 184 valence electrons. The van der Waals surface area contributed by atoms with Crippen LogP contribution in [0.5, 0.6) is 5.75 Å². The van der Waals surface area contributed by atoms with E-state index in [0.717, 1.165) is 0 Å². The predicted octanol–water partition coefficient (Wildman–Crippen LogP) is 3.66. The van der Waals surface area contributed by atoms with E-state index >= 15 is 0 Å². The Balaban J connectivity index is 2.17. The number of carbonyl (C=O) groups excluding carboxylic acids is 1. The molecule has 9 nitrogen and oxygen atoms in total. The van der Waals surface area contributed by atoms with Crippen LogP contribution in [-0.4, -0.2) is 50.4 Å². The number of nitrogens with one attached hydrogen (secondary N) is 2. The maximum absolute atomic E-state index is 13.8. The van der Waals surface area contributed by atoms with Gasteiger partial charge in [-0.15, -0.1) is 0 Å². The van der Waals surface area contributed by atoms with Gasteiger partial charge < -0.3 is 19.7 Å². The van der Waals surface area contributed by atoms with Gasteiger partial charge in [-0.2, -0.15) is 13.2 Å². The van der Waals surface area contributed by atoms with Gasteiger partial charge in [-0.25, -0.2) is 8.42 Å². The van der Waals surface area contributed by atoms with E-state index in [-0.39, 0.29) is 11.3 Å². The number of rotatable bonds is 6. The number of aliphatic imine (C=N–C) groups is 1. The molecule has 1 aliphatic rings. The molecule has 0 saturated carbocycles. The molecule has 34 heavy (non-hydrogen) atoms. The number of benzene rings is 1. The van der Waals surface area contributed by atoms with Crippen molar-refractivity contribution < 1.29 is 35.9 Å². The lowest BCUT2D eigenvalue weighted by Gasteiger charge is -2.16. The fourth-order valence-corrected chi connectivity index (χ4v) is 4.54. The normalized spacial score (nSPS) is 17.6. The van der Waals surface area contributed by atoms with E-state index in [0.29, 0.717) is 17.9 Å². The summed E-state index contributed by atoms with van der Waals surface area (Å²) < 4.78 is 73.7. The Labute approximate surface area is 194 Å². The molecule has 0 fully saturated rings. The fourth-order valence-electron chi connectivity index (χ4n) is 3.31. The standard InChI is InChI=1S/C21H23F3N4O5S/c1-5-13(15-10-9-11(2)33-15)26-19-16(18(21(22,23)24)34(31,32)27-19)25-14-8-6-7-12(17(14)29)20(30)28(3)4/h6-10,13,25,29H,5H2,1-4H3,(H,26,27)/t13-/m1/s1. The molecular weight excluding hydrogens is 477 g/mol. The Morgan fingerprint density at radius 3 is 2.47 bits per heavy atom. The minimum atomic E-state index is -5.28. The molecule has 3 rings (SSSR count). The fraction of sp³-hybridized carbons (Fsp3) is 0.333. The molecule has 3 N–H and O–H groups in total. The first-order chi connectivity index (χ1) is 15.8. The number of hydrogen-bond donors (Lipinski definition) is 3. The number of aryl methyl sites for hydroxylation is 1. The van der Waals surface area contributed by atoms with Crippen LogP contribution >= 0.6 is 0 Å². The van der Waals surface area contributed by atoms with Crippen LogP contribution in [-0.2, 0) is 10.0 Å². The summed E-state index contributed by atoms with van der Waals surface area (Å²) in [6.45, 7) is 3.39. The van der Waals surface area contributed by atoms with Crippen molar-refractivity contribution in [3.63, 3.8) is 0 Å². The largest absolute Gasteiger partial charge is 0.505 e. The lowest BCUT2D eigenvalue weighted by Crippen LogP contribution is -2.28. The highest BCUT2D eigenvalue weighted by molar-refractivity contribution is 7.94. The highest BCUT2D eigenvalue weighted by Crippen LogP contribution is 2.39. The number of nitrogens with zero attached hydrogens (tertiary/aromatic N) is 2. The number of allylic oxidation sites excluding steroid dienone is 1. The first-order valence-corrected chi connectivity index (χ1v) is 11.5. The van der Waals surface area contributed by atoms with Crippen molar-refractivity contribution >= 4 is 27.5 Å². The summed E-state index contributed by atoms with van der Waals surface area (Å²) in [6.07, 6.45) is -4.98. The van der Waals surface area contributed by atoms with Crippen LogP contribution in [0.15, 0.2) is 50.3 Å². The molecule has 2 heterocycles. The second-order valence-electron chi connectivity index (χ2n) is 7.68. The van der Waals surface area contributed by atoms with Crippen LogP contribution < -0.4 is 10.0 Å². The number of phenols is 1. The number of alkyl halides is 3. The second-order valence-corrected chi connectivity index (χ2v) is 9.30. The number of carbonyl (C=O) groups is 1. The van der Waals surface area contributed by atoms with Crippen molar-refractivity contribution in [3.05, 3.63) is 58.0 Å². The number of para-hydroxylation sites is 1. The van der Waals surface area contributed by atoms with Gasteiger partial charge in [0.05, 0.1) is 11.3 Å². The van der Waals surface area contributed by atoms with Gasteiger partial charge in [-0.3, -0.25) is 14.5 Å². The van der Waals surface area contributed by atoms with Crippen LogP contribution in [0.1, 0.15) is 41.3 Å². The Morgan fingerprint density at radius 1 is 1.26 bits per heavy atom. The summed E-state index contributed by atoms with van der Waals surface area (Å²) in [6, 6.07) is 6.29. The van der Waals surface area contributed by atoms with Gasteiger partial charge in [0.25, 0.3) is 15.9 Å². The van der Waals surface area contributed by atoms with Gasteiger partial charge in [-0.1, -0.05) is 13.0 Å². The molecule has 0 spiro atoms. The monoisotopic (exact) mass is 500 g/mol. The zero-order chi connectivity index (χ0) is 25.4. The highest BCUT2D eigenvalue weighted by atomic mass is 32.2. The smallest absolute Gasteiger partial charge is 0.431 e. The van der Waals surface area contributed by atoms with Crippen LogP contribution in [0.25, 0.3) is 0 Å².